The van der Waals surface area contributed by atoms with Gasteiger partial charge in [0.05, 0.1) is 5.69 Å². The summed E-state index contributed by atoms with van der Waals surface area (Å²) in [6.07, 6.45) is 1.72. The van der Waals surface area contributed by atoms with Crippen molar-refractivity contribution in [2.45, 2.75) is 26.7 Å². The van der Waals surface area contributed by atoms with Crippen molar-refractivity contribution < 1.29 is 9.21 Å². The van der Waals surface area contributed by atoms with Crippen molar-refractivity contribution >= 4 is 5.91 Å². The first kappa shape index (κ1) is 13.9. The number of amides is 1. The highest BCUT2D eigenvalue weighted by Crippen LogP contribution is 2.37. The van der Waals surface area contributed by atoms with Gasteiger partial charge in [0.25, 0.3) is 0 Å². The number of rotatable bonds is 5. The second-order valence-electron chi connectivity index (χ2n) is 5.75. The third kappa shape index (κ3) is 3.15. The first-order chi connectivity index (χ1) is 10.1. The lowest BCUT2D eigenvalue weighted by molar-refractivity contribution is -0.122. The van der Waals surface area contributed by atoms with E-state index in [0.717, 1.165) is 23.4 Å². The molecule has 2 aromatic rings. The van der Waals surface area contributed by atoms with E-state index < -0.39 is 0 Å². The minimum absolute atomic E-state index is 0.173. The maximum Gasteiger partial charge on any atom is 0.226 e. The van der Waals surface area contributed by atoms with Crippen LogP contribution in [0.5, 0.6) is 0 Å². The Balaban J connectivity index is 1.59. The third-order valence-electron chi connectivity index (χ3n) is 4.02. The van der Waals surface area contributed by atoms with E-state index in [2.05, 4.69) is 17.2 Å². The summed E-state index contributed by atoms with van der Waals surface area (Å²) in [6.45, 7) is 4.64. The molecule has 1 heterocycles. The molecule has 3 rings (SSSR count). The van der Waals surface area contributed by atoms with Gasteiger partial charge in [-0.05, 0) is 31.4 Å². The Morgan fingerprint density at radius 1 is 1.38 bits per heavy atom. The van der Waals surface area contributed by atoms with Crippen molar-refractivity contribution in [3.8, 4) is 11.5 Å². The lowest BCUT2D eigenvalue weighted by Gasteiger charge is -2.02. The van der Waals surface area contributed by atoms with Gasteiger partial charge in [-0.1, -0.05) is 25.1 Å². The number of oxazole rings is 1. The molecule has 21 heavy (non-hydrogen) atoms. The van der Waals surface area contributed by atoms with Crippen molar-refractivity contribution in [2.75, 3.05) is 6.54 Å². The molecular formula is C17H20N2O2. The van der Waals surface area contributed by atoms with Gasteiger partial charge in [-0.2, -0.15) is 0 Å². The van der Waals surface area contributed by atoms with Crippen LogP contribution in [0.3, 0.4) is 0 Å². The predicted molar refractivity (Wildman–Crippen MR) is 80.7 cm³/mol. The summed E-state index contributed by atoms with van der Waals surface area (Å²) < 4.78 is 5.71. The maximum atomic E-state index is 11.8. The molecule has 4 heteroatoms. The minimum atomic E-state index is 0.173. The molecule has 0 radical (unpaired) electrons. The van der Waals surface area contributed by atoms with Crippen molar-refractivity contribution in [3.05, 3.63) is 41.8 Å². The highest BCUT2D eigenvalue weighted by Gasteiger charge is 2.38. The minimum Gasteiger partial charge on any atom is -0.441 e. The van der Waals surface area contributed by atoms with Crippen LogP contribution in [0.15, 0.2) is 34.7 Å². The van der Waals surface area contributed by atoms with Gasteiger partial charge in [0.15, 0.2) is 0 Å². The van der Waals surface area contributed by atoms with E-state index in [0.29, 0.717) is 24.8 Å². The summed E-state index contributed by atoms with van der Waals surface area (Å²) >= 11 is 0. The Labute approximate surface area is 124 Å². The monoisotopic (exact) mass is 284 g/mol. The molecule has 0 unspecified atom stereocenters. The van der Waals surface area contributed by atoms with Crippen molar-refractivity contribution in [1.82, 2.24) is 10.3 Å². The Morgan fingerprint density at radius 3 is 2.76 bits per heavy atom. The number of carbonyl (C=O) groups excluding carboxylic acids is 1. The zero-order valence-electron chi connectivity index (χ0n) is 12.4. The van der Waals surface area contributed by atoms with Crippen molar-refractivity contribution in [1.29, 1.82) is 0 Å². The molecule has 0 saturated heterocycles. The van der Waals surface area contributed by atoms with Crippen LogP contribution in [-0.4, -0.2) is 17.4 Å². The van der Waals surface area contributed by atoms with E-state index in [1.807, 2.05) is 37.3 Å². The lowest BCUT2D eigenvalue weighted by Crippen LogP contribution is -2.27. The summed E-state index contributed by atoms with van der Waals surface area (Å²) in [5.41, 5.74) is 1.89. The molecule has 0 bridgehead atoms. The summed E-state index contributed by atoms with van der Waals surface area (Å²) in [7, 11) is 0. The number of aromatic nitrogens is 1. The van der Waals surface area contributed by atoms with Crippen LogP contribution < -0.4 is 5.32 Å². The second kappa shape index (κ2) is 5.72. The van der Waals surface area contributed by atoms with Gasteiger partial charge < -0.3 is 9.73 Å². The van der Waals surface area contributed by atoms with E-state index in [1.165, 1.54) is 0 Å². The topological polar surface area (TPSA) is 55.1 Å². The first-order valence-corrected chi connectivity index (χ1v) is 7.44. The first-order valence-electron chi connectivity index (χ1n) is 7.44. The van der Waals surface area contributed by atoms with Gasteiger partial charge in [0, 0.05) is 24.4 Å². The van der Waals surface area contributed by atoms with Crippen LogP contribution in [-0.2, 0) is 11.2 Å². The molecule has 1 aliphatic rings. The van der Waals surface area contributed by atoms with Gasteiger partial charge in [0.1, 0.15) is 5.76 Å². The molecule has 1 saturated carbocycles. The van der Waals surface area contributed by atoms with E-state index >= 15 is 0 Å². The van der Waals surface area contributed by atoms with E-state index in [1.54, 1.807) is 0 Å². The molecule has 1 N–H and O–H groups in total. The van der Waals surface area contributed by atoms with Gasteiger partial charge in [-0.15, -0.1) is 0 Å². The molecular weight excluding hydrogens is 264 g/mol. The van der Waals surface area contributed by atoms with Gasteiger partial charge in [0.2, 0.25) is 11.8 Å². The summed E-state index contributed by atoms with van der Waals surface area (Å²) in [5, 5.41) is 2.98. The fourth-order valence-electron chi connectivity index (χ4n) is 2.49. The Bertz CT molecular complexity index is 633. The highest BCUT2D eigenvalue weighted by molar-refractivity contribution is 5.81. The Morgan fingerprint density at radius 2 is 2.10 bits per heavy atom. The number of hydrogen-bond donors (Lipinski definition) is 1. The van der Waals surface area contributed by atoms with E-state index in [4.69, 9.17) is 4.42 Å². The van der Waals surface area contributed by atoms with Gasteiger partial charge in [-0.3, -0.25) is 4.79 Å². The molecule has 0 spiro atoms. The van der Waals surface area contributed by atoms with Crippen LogP contribution >= 0.6 is 0 Å². The number of nitrogens with one attached hydrogen (secondary N) is 1. The fourth-order valence-corrected chi connectivity index (χ4v) is 2.49. The highest BCUT2D eigenvalue weighted by atomic mass is 16.4. The van der Waals surface area contributed by atoms with Crippen molar-refractivity contribution in [2.24, 2.45) is 11.8 Å². The van der Waals surface area contributed by atoms with Gasteiger partial charge >= 0.3 is 0 Å². The average molecular weight is 284 g/mol. The number of aryl methyl sites for hydroxylation is 1. The van der Waals surface area contributed by atoms with Crippen LogP contribution in [0.1, 0.15) is 24.8 Å². The lowest BCUT2D eigenvalue weighted by atomic mass is 10.2. The van der Waals surface area contributed by atoms with Crippen molar-refractivity contribution in [3.63, 3.8) is 0 Å². The number of hydrogen-bond acceptors (Lipinski definition) is 3. The van der Waals surface area contributed by atoms with Gasteiger partial charge in [-0.25, -0.2) is 4.98 Å². The zero-order valence-corrected chi connectivity index (χ0v) is 12.4. The molecule has 0 aliphatic heterocycles. The third-order valence-corrected chi connectivity index (χ3v) is 4.02. The van der Waals surface area contributed by atoms with Crippen LogP contribution in [0.2, 0.25) is 0 Å². The van der Waals surface area contributed by atoms with Crippen LogP contribution in [0.25, 0.3) is 11.5 Å². The quantitative estimate of drug-likeness (QED) is 0.918. The van der Waals surface area contributed by atoms with Crippen LogP contribution in [0.4, 0.5) is 0 Å². The SMILES string of the molecule is Cc1oc(-c2ccccc2)nc1CCNC(=O)[C@H]1C[C@H]1C. The van der Waals surface area contributed by atoms with Crippen LogP contribution in [0, 0.1) is 18.8 Å². The molecule has 1 fully saturated rings. The molecule has 1 aromatic heterocycles. The predicted octanol–water partition coefficient (Wildman–Crippen LogP) is 2.96. The molecule has 1 aromatic carbocycles. The Kier molecular flexibility index (Phi) is 3.78. The number of nitrogens with zero attached hydrogens (tertiary/aromatic N) is 1. The molecule has 2 atom stereocenters. The molecule has 4 nitrogen and oxygen atoms in total. The summed E-state index contributed by atoms with van der Waals surface area (Å²) in [5.74, 6) is 2.41. The summed E-state index contributed by atoms with van der Waals surface area (Å²) in [6, 6.07) is 9.85. The molecule has 1 amide bonds. The standard InChI is InChI=1S/C17H20N2O2/c1-11-10-14(11)16(20)18-9-8-15-12(2)21-17(19-15)13-6-4-3-5-7-13/h3-7,11,14H,8-10H2,1-2H3,(H,18,20)/t11-,14+/m1/s1. The smallest absolute Gasteiger partial charge is 0.226 e. The average Bonchev–Trinajstić information content (AvgIpc) is 3.11. The summed E-state index contributed by atoms with van der Waals surface area (Å²) in [4.78, 5) is 16.3. The number of benzene rings is 1. The largest absolute Gasteiger partial charge is 0.441 e. The Hall–Kier alpha value is -2.10. The van der Waals surface area contributed by atoms with E-state index in [9.17, 15) is 4.79 Å². The number of carbonyl (C=O) groups is 1. The van der Waals surface area contributed by atoms with E-state index in [-0.39, 0.29) is 11.8 Å². The normalized spacial score (nSPS) is 20.3. The molecule has 110 valence electrons. The fraction of sp³-hybridized carbons (Fsp3) is 0.412. The zero-order chi connectivity index (χ0) is 14.8. The molecule has 1 aliphatic carbocycles. The second-order valence-corrected chi connectivity index (χ2v) is 5.75. The maximum absolute atomic E-state index is 11.8.